The maximum absolute atomic E-state index is 5.88. The van der Waals surface area contributed by atoms with Crippen molar-refractivity contribution in [3.63, 3.8) is 0 Å². The van der Waals surface area contributed by atoms with Gasteiger partial charge in [0, 0.05) is 24.5 Å². The molecule has 3 heterocycles. The summed E-state index contributed by atoms with van der Waals surface area (Å²) in [6.45, 7) is 4.73. The summed E-state index contributed by atoms with van der Waals surface area (Å²) < 4.78 is 5.88. The van der Waals surface area contributed by atoms with Crippen molar-refractivity contribution in [2.45, 2.75) is 25.8 Å². The number of likely N-dealkylation sites (tertiary alicyclic amines) is 1. The van der Waals surface area contributed by atoms with Crippen molar-refractivity contribution in [2.24, 2.45) is 0 Å². The van der Waals surface area contributed by atoms with Crippen LogP contribution in [-0.2, 0) is 0 Å². The molecular formula is C19H21N3O. The van der Waals surface area contributed by atoms with E-state index in [1.54, 1.807) is 0 Å². The van der Waals surface area contributed by atoms with Gasteiger partial charge in [-0.15, -0.1) is 0 Å². The van der Waals surface area contributed by atoms with E-state index in [1.807, 2.05) is 31.5 Å². The molecule has 0 amide bonds. The number of fused-ring (bicyclic) bond motifs is 1. The van der Waals surface area contributed by atoms with Gasteiger partial charge < -0.3 is 4.74 Å². The van der Waals surface area contributed by atoms with Crippen molar-refractivity contribution >= 4 is 6.08 Å². The largest absolute Gasteiger partial charge is 0.489 e. The Hall–Kier alpha value is -2.20. The summed E-state index contributed by atoms with van der Waals surface area (Å²) in [7, 11) is 0. The minimum Gasteiger partial charge on any atom is -0.489 e. The fourth-order valence-electron chi connectivity index (χ4n) is 3.51. The van der Waals surface area contributed by atoms with Gasteiger partial charge >= 0.3 is 0 Å². The van der Waals surface area contributed by atoms with E-state index >= 15 is 0 Å². The van der Waals surface area contributed by atoms with Crippen LogP contribution in [0, 0.1) is 6.92 Å². The lowest BCUT2D eigenvalue weighted by Crippen LogP contribution is -2.28. The quantitative estimate of drug-likeness (QED) is 0.871. The second-order valence-electron chi connectivity index (χ2n) is 6.34. The number of nitrogens with zero attached hydrogens (tertiary/aromatic N) is 3. The molecule has 4 rings (SSSR count). The van der Waals surface area contributed by atoms with Gasteiger partial charge in [-0.25, -0.2) is 0 Å². The summed E-state index contributed by atoms with van der Waals surface area (Å²) in [5.41, 5.74) is 4.60. The van der Waals surface area contributed by atoms with Crippen LogP contribution in [0.3, 0.4) is 0 Å². The number of hydrogen-bond acceptors (Lipinski definition) is 4. The van der Waals surface area contributed by atoms with Crippen molar-refractivity contribution in [2.75, 3.05) is 19.7 Å². The highest BCUT2D eigenvalue weighted by molar-refractivity contribution is 5.62. The maximum Gasteiger partial charge on any atom is 0.127 e. The van der Waals surface area contributed by atoms with E-state index in [9.17, 15) is 0 Å². The second kappa shape index (κ2) is 6.13. The van der Waals surface area contributed by atoms with Crippen LogP contribution in [0.5, 0.6) is 5.75 Å². The molecule has 0 bridgehead atoms. The van der Waals surface area contributed by atoms with E-state index in [2.05, 4.69) is 33.1 Å². The van der Waals surface area contributed by atoms with Gasteiger partial charge in [0.1, 0.15) is 12.4 Å². The number of benzene rings is 1. The molecule has 0 saturated carbocycles. The summed E-state index contributed by atoms with van der Waals surface area (Å²) in [6.07, 6.45) is 8.37. The monoisotopic (exact) mass is 307 g/mol. The maximum atomic E-state index is 5.88. The van der Waals surface area contributed by atoms with Crippen LogP contribution in [-0.4, -0.2) is 34.6 Å². The van der Waals surface area contributed by atoms with Crippen molar-refractivity contribution in [1.29, 1.82) is 0 Å². The molecule has 118 valence electrons. The van der Waals surface area contributed by atoms with Gasteiger partial charge in [0.05, 0.1) is 17.4 Å². The fraction of sp³-hybridized carbons (Fsp3) is 0.368. The molecular weight excluding hydrogens is 286 g/mol. The molecule has 1 aromatic heterocycles. The predicted molar refractivity (Wildman–Crippen MR) is 90.2 cm³/mol. The van der Waals surface area contributed by atoms with Gasteiger partial charge in [-0.2, -0.15) is 0 Å². The van der Waals surface area contributed by atoms with Crippen LogP contribution >= 0.6 is 0 Å². The number of rotatable bonds is 3. The molecule has 4 heteroatoms. The zero-order valence-electron chi connectivity index (χ0n) is 13.4. The average molecular weight is 307 g/mol. The van der Waals surface area contributed by atoms with Gasteiger partial charge in [-0.3, -0.25) is 14.9 Å². The van der Waals surface area contributed by atoms with E-state index in [0.717, 1.165) is 36.6 Å². The Morgan fingerprint density at radius 1 is 1.26 bits per heavy atom. The van der Waals surface area contributed by atoms with Crippen LogP contribution in [0.2, 0.25) is 0 Å². The van der Waals surface area contributed by atoms with Gasteiger partial charge in [0.15, 0.2) is 0 Å². The molecule has 0 N–H and O–H groups in total. The Bertz CT molecular complexity index is 741. The van der Waals surface area contributed by atoms with E-state index in [1.165, 1.54) is 17.6 Å². The molecule has 1 aromatic carbocycles. The zero-order valence-corrected chi connectivity index (χ0v) is 13.4. The van der Waals surface area contributed by atoms with E-state index < -0.39 is 0 Å². The third kappa shape index (κ3) is 2.99. The predicted octanol–water partition coefficient (Wildman–Crippen LogP) is 3.40. The first kappa shape index (κ1) is 14.4. The lowest BCUT2D eigenvalue weighted by molar-refractivity contribution is 0.256. The third-order valence-corrected chi connectivity index (χ3v) is 4.58. The molecule has 23 heavy (non-hydrogen) atoms. The molecule has 1 saturated heterocycles. The molecule has 2 aliphatic heterocycles. The van der Waals surface area contributed by atoms with Crippen LogP contribution in [0.1, 0.15) is 35.8 Å². The molecule has 4 nitrogen and oxygen atoms in total. The Kier molecular flexibility index (Phi) is 3.83. The van der Waals surface area contributed by atoms with Crippen molar-refractivity contribution in [3.8, 4) is 5.75 Å². The van der Waals surface area contributed by atoms with E-state index in [4.69, 9.17) is 4.74 Å². The van der Waals surface area contributed by atoms with E-state index in [0.29, 0.717) is 12.6 Å². The number of aryl methyl sites for hydroxylation is 1. The third-order valence-electron chi connectivity index (χ3n) is 4.58. The first-order valence-corrected chi connectivity index (χ1v) is 8.23. The molecule has 1 atom stereocenters. The first-order valence-electron chi connectivity index (χ1n) is 8.23. The Labute approximate surface area is 136 Å². The number of para-hydroxylation sites is 1. The highest BCUT2D eigenvalue weighted by Crippen LogP contribution is 2.33. The summed E-state index contributed by atoms with van der Waals surface area (Å²) in [4.78, 5) is 11.5. The smallest absolute Gasteiger partial charge is 0.127 e. The average Bonchev–Trinajstić information content (AvgIpc) is 3.03. The summed E-state index contributed by atoms with van der Waals surface area (Å²) in [5.74, 6) is 0.985. The Balaban J connectivity index is 1.53. The lowest BCUT2D eigenvalue weighted by Gasteiger charge is -2.27. The van der Waals surface area contributed by atoms with Crippen molar-refractivity contribution < 1.29 is 4.74 Å². The normalized spacial score (nSPS) is 20.7. The highest BCUT2D eigenvalue weighted by Gasteiger charge is 2.28. The summed E-state index contributed by atoms with van der Waals surface area (Å²) in [5, 5.41) is 0. The molecule has 2 aliphatic rings. The van der Waals surface area contributed by atoms with Crippen molar-refractivity contribution in [3.05, 3.63) is 59.2 Å². The first-order chi connectivity index (χ1) is 11.3. The molecule has 0 spiro atoms. The van der Waals surface area contributed by atoms with Gasteiger partial charge in [-0.1, -0.05) is 18.2 Å². The van der Waals surface area contributed by atoms with Gasteiger partial charge in [0.25, 0.3) is 0 Å². The Morgan fingerprint density at radius 3 is 3.09 bits per heavy atom. The number of ether oxygens (including phenoxy) is 1. The van der Waals surface area contributed by atoms with E-state index in [-0.39, 0.29) is 0 Å². The molecule has 2 aromatic rings. The standard InChI is InChI=1S/C19H21N3O/c1-14-10-20-11-17(21-14)18-6-4-8-22(18)12-15-9-16-5-2-3-7-19(16)23-13-15/h2-3,5,7,9-11,18H,4,6,8,12-13H2,1H3/t18-/m1/s1. The van der Waals surface area contributed by atoms with Crippen LogP contribution < -0.4 is 4.74 Å². The SMILES string of the molecule is Cc1cncc([C@H]2CCCN2CC2=Cc3ccccc3OC2)n1. The number of aromatic nitrogens is 2. The second-order valence-corrected chi connectivity index (χ2v) is 6.34. The topological polar surface area (TPSA) is 38.2 Å². The molecule has 0 aliphatic carbocycles. The molecule has 1 fully saturated rings. The van der Waals surface area contributed by atoms with Crippen LogP contribution in [0.15, 0.2) is 42.2 Å². The minimum absolute atomic E-state index is 0.375. The number of hydrogen-bond donors (Lipinski definition) is 0. The lowest BCUT2D eigenvalue weighted by atomic mass is 10.1. The summed E-state index contributed by atoms with van der Waals surface area (Å²) in [6, 6.07) is 8.60. The minimum atomic E-state index is 0.375. The summed E-state index contributed by atoms with van der Waals surface area (Å²) >= 11 is 0. The van der Waals surface area contributed by atoms with Crippen LogP contribution in [0.4, 0.5) is 0 Å². The Morgan fingerprint density at radius 2 is 2.17 bits per heavy atom. The molecule has 0 radical (unpaired) electrons. The molecule has 0 unspecified atom stereocenters. The van der Waals surface area contributed by atoms with Gasteiger partial charge in [-0.05, 0) is 44.0 Å². The highest BCUT2D eigenvalue weighted by atomic mass is 16.5. The van der Waals surface area contributed by atoms with Crippen LogP contribution in [0.25, 0.3) is 6.08 Å². The van der Waals surface area contributed by atoms with Crippen molar-refractivity contribution in [1.82, 2.24) is 14.9 Å². The fourth-order valence-corrected chi connectivity index (χ4v) is 3.51. The van der Waals surface area contributed by atoms with Gasteiger partial charge in [0.2, 0.25) is 0 Å². The zero-order chi connectivity index (χ0) is 15.6.